The predicted octanol–water partition coefficient (Wildman–Crippen LogP) is 3.35. The largest absolute Gasteiger partial charge is 0.375 e. The molecule has 0 N–H and O–H groups in total. The standard InChI is InChI=1S/C14H19IN2O/c1-8(2)17-11(5-12(15)16-17)13-9-6-14(3-4-18-14)7-10(9)13/h5,8-10,13H,3-4,6-7H2,1-2H3/t9-,10+,13?,14?. The molecule has 2 aliphatic carbocycles. The second-order valence-corrected chi connectivity index (χ2v) is 7.58. The van der Waals surface area contributed by atoms with Gasteiger partial charge in [0.05, 0.1) is 12.2 Å². The van der Waals surface area contributed by atoms with Crippen LogP contribution in [0, 0.1) is 15.5 Å². The lowest BCUT2D eigenvalue weighted by atomic mass is 9.87. The third-order valence-corrected chi connectivity index (χ3v) is 5.61. The molecule has 4 rings (SSSR count). The molecule has 1 saturated heterocycles. The van der Waals surface area contributed by atoms with Gasteiger partial charge in [-0.2, -0.15) is 5.10 Å². The van der Waals surface area contributed by atoms with Crippen LogP contribution in [-0.2, 0) is 4.74 Å². The zero-order valence-corrected chi connectivity index (χ0v) is 13.1. The maximum Gasteiger partial charge on any atom is 0.123 e. The minimum Gasteiger partial charge on any atom is -0.375 e. The smallest absolute Gasteiger partial charge is 0.123 e. The molecule has 0 radical (unpaired) electrons. The van der Waals surface area contributed by atoms with Crippen LogP contribution < -0.4 is 0 Å². The maximum absolute atomic E-state index is 5.82. The quantitative estimate of drug-likeness (QED) is 0.759. The van der Waals surface area contributed by atoms with E-state index in [0.29, 0.717) is 11.6 Å². The molecule has 2 heterocycles. The first-order valence-electron chi connectivity index (χ1n) is 6.99. The lowest BCUT2D eigenvalue weighted by Gasteiger charge is -2.40. The van der Waals surface area contributed by atoms with Crippen LogP contribution in [-0.4, -0.2) is 22.0 Å². The summed E-state index contributed by atoms with van der Waals surface area (Å²) in [6.45, 7) is 5.44. The summed E-state index contributed by atoms with van der Waals surface area (Å²) in [5, 5.41) is 4.64. The van der Waals surface area contributed by atoms with Crippen molar-refractivity contribution in [3.05, 3.63) is 15.5 Å². The van der Waals surface area contributed by atoms with E-state index in [1.165, 1.54) is 25.0 Å². The molecule has 4 atom stereocenters. The van der Waals surface area contributed by atoms with Crippen molar-refractivity contribution in [2.45, 2.75) is 50.7 Å². The number of hydrogen-bond acceptors (Lipinski definition) is 2. The van der Waals surface area contributed by atoms with Crippen molar-refractivity contribution in [2.75, 3.05) is 6.61 Å². The van der Waals surface area contributed by atoms with Gasteiger partial charge in [0.25, 0.3) is 0 Å². The van der Waals surface area contributed by atoms with Crippen molar-refractivity contribution in [1.29, 1.82) is 0 Å². The third kappa shape index (κ3) is 1.54. The lowest BCUT2D eigenvalue weighted by molar-refractivity contribution is -0.149. The summed E-state index contributed by atoms with van der Waals surface area (Å²) >= 11 is 2.33. The monoisotopic (exact) mass is 358 g/mol. The zero-order chi connectivity index (χ0) is 12.5. The first kappa shape index (κ1) is 11.7. The van der Waals surface area contributed by atoms with E-state index in [0.717, 1.165) is 28.1 Å². The van der Waals surface area contributed by atoms with Gasteiger partial charge in [0.15, 0.2) is 0 Å². The second-order valence-electron chi connectivity index (χ2n) is 6.47. The van der Waals surface area contributed by atoms with Crippen molar-refractivity contribution in [3.8, 4) is 0 Å². The molecule has 3 aliphatic rings. The Morgan fingerprint density at radius 3 is 2.61 bits per heavy atom. The zero-order valence-electron chi connectivity index (χ0n) is 10.9. The molecule has 0 bridgehead atoms. The minimum absolute atomic E-state index is 0.307. The molecule has 98 valence electrons. The van der Waals surface area contributed by atoms with Gasteiger partial charge in [0.2, 0.25) is 0 Å². The van der Waals surface area contributed by atoms with Gasteiger partial charge < -0.3 is 4.74 Å². The fourth-order valence-electron chi connectivity index (χ4n) is 4.14. The van der Waals surface area contributed by atoms with Gasteiger partial charge in [0, 0.05) is 17.7 Å². The average molecular weight is 358 g/mol. The van der Waals surface area contributed by atoms with E-state index in [1.807, 2.05) is 0 Å². The first-order chi connectivity index (χ1) is 8.60. The Hall–Kier alpha value is -0.100. The molecule has 1 aromatic rings. The van der Waals surface area contributed by atoms with Crippen molar-refractivity contribution in [1.82, 2.24) is 9.78 Å². The molecule has 1 aromatic heterocycles. The van der Waals surface area contributed by atoms with Gasteiger partial charge in [-0.3, -0.25) is 4.68 Å². The van der Waals surface area contributed by atoms with Crippen LogP contribution in [0.1, 0.15) is 50.8 Å². The van der Waals surface area contributed by atoms with Crippen LogP contribution >= 0.6 is 22.6 Å². The second kappa shape index (κ2) is 3.72. The van der Waals surface area contributed by atoms with Gasteiger partial charge in [-0.25, -0.2) is 0 Å². The molecule has 1 spiro atoms. The topological polar surface area (TPSA) is 27.1 Å². The number of fused-ring (bicyclic) bond motifs is 1. The van der Waals surface area contributed by atoms with Gasteiger partial charge in [-0.05, 0) is 73.6 Å². The predicted molar refractivity (Wildman–Crippen MR) is 77.6 cm³/mol. The fourth-order valence-corrected chi connectivity index (χ4v) is 4.69. The lowest BCUT2D eigenvalue weighted by Crippen LogP contribution is -2.42. The summed E-state index contributed by atoms with van der Waals surface area (Å²) in [5.41, 5.74) is 1.78. The molecule has 1 aliphatic heterocycles. The van der Waals surface area contributed by atoms with Crippen LogP contribution in [0.25, 0.3) is 0 Å². The van der Waals surface area contributed by atoms with E-state index in [1.54, 1.807) is 0 Å². The number of halogens is 1. The van der Waals surface area contributed by atoms with E-state index in [9.17, 15) is 0 Å². The molecule has 3 fully saturated rings. The molecular formula is C14H19IN2O. The summed E-state index contributed by atoms with van der Waals surface area (Å²) in [4.78, 5) is 0. The third-order valence-electron chi connectivity index (χ3n) is 5.08. The fraction of sp³-hybridized carbons (Fsp3) is 0.786. The van der Waals surface area contributed by atoms with Crippen LogP contribution in [0.5, 0.6) is 0 Å². The summed E-state index contributed by atoms with van der Waals surface area (Å²) in [7, 11) is 0. The number of hydrogen-bond donors (Lipinski definition) is 0. The number of rotatable bonds is 2. The van der Waals surface area contributed by atoms with Crippen LogP contribution in [0.4, 0.5) is 0 Å². The molecule has 18 heavy (non-hydrogen) atoms. The van der Waals surface area contributed by atoms with Gasteiger partial charge in [0.1, 0.15) is 3.70 Å². The molecular weight excluding hydrogens is 339 g/mol. The molecule has 0 aromatic carbocycles. The van der Waals surface area contributed by atoms with E-state index in [4.69, 9.17) is 4.74 Å². The maximum atomic E-state index is 5.82. The highest BCUT2D eigenvalue weighted by molar-refractivity contribution is 14.1. The van der Waals surface area contributed by atoms with E-state index in [-0.39, 0.29) is 0 Å². The summed E-state index contributed by atoms with van der Waals surface area (Å²) in [5.74, 6) is 2.50. The Morgan fingerprint density at radius 2 is 2.11 bits per heavy atom. The Kier molecular flexibility index (Phi) is 2.42. The normalized spacial score (nSPS) is 41.2. The van der Waals surface area contributed by atoms with E-state index >= 15 is 0 Å². The Bertz CT molecular complexity index is 478. The summed E-state index contributed by atoms with van der Waals surface area (Å²) in [6.07, 6.45) is 3.89. The van der Waals surface area contributed by atoms with E-state index < -0.39 is 0 Å². The number of ether oxygens (including phenoxy) is 1. The van der Waals surface area contributed by atoms with E-state index in [2.05, 4.69) is 52.3 Å². The van der Waals surface area contributed by atoms with Crippen molar-refractivity contribution in [3.63, 3.8) is 0 Å². The highest BCUT2D eigenvalue weighted by Gasteiger charge is 2.64. The molecule has 2 saturated carbocycles. The Labute approximate surface area is 121 Å². The highest BCUT2D eigenvalue weighted by atomic mass is 127. The highest BCUT2D eigenvalue weighted by Crippen LogP contribution is 2.68. The first-order valence-corrected chi connectivity index (χ1v) is 8.06. The molecule has 2 unspecified atom stereocenters. The number of nitrogens with zero attached hydrogens (tertiary/aromatic N) is 2. The van der Waals surface area contributed by atoms with Gasteiger partial charge >= 0.3 is 0 Å². The van der Waals surface area contributed by atoms with Crippen LogP contribution in [0.2, 0.25) is 0 Å². The molecule has 4 heteroatoms. The number of aromatic nitrogens is 2. The minimum atomic E-state index is 0.307. The average Bonchev–Trinajstić information content (AvgIpc) is 2.67. The van der Waals surface area contributed by atoms with Gasteiger partial charge in [-0.15, -0.1) is 0 Å². The van der Waals surface area contributed by atoms with Crippen molar-refractivity contribution < 1.29 is 4.74 Å². The Balaban J connectivity index is 1.57. The van der Waals surface area contributed by atoms with Gasteiger partial charge in [-0.1, -0.05) is 0 Å². The summed E-state index contributed by atoms with van der Waals surface area (Å²) in [6, 6.07) is 2.76. The van der Waals surface area contributed by atoms with Crippen molar-refractivity contribution in [2.24, 2.45) is 11.8 Å². The Morgan fingerprint density at radius 1 is 1.44 bits per heavy atom. The van der Waals surface area contributed by atoms with Crippen molar-refractivity contribution >= 4 is 22.6 Å². The SMILES string of the molecule is CC(C)n1nc(I)cc1C1[C@H]2CC3(CCO3)C[C@@H]12. The van der Waals surface area contributed by atoms with Crippen LogP contribution in [0.3, 0.4) is 0 Å². The molecule has 3 nitrogen and oxygen atoms in total. The summed E-state index contributed by atoms with van der Waals surface area (Å²) < 4.78 is 9.19. The van der Waals surface area contributed by atoms with Crippen LogP contribution in [0.15, 0.2) is 6.07 Å². The molecule has 0 amide bonds.